The Morgan fingerprint density at radius 2 is 1.77 bits per heavy atom. The lowest BCUT2D eigenvalue weighted by molar-refractivity contribution is -0.116. The van der Waals surface area contributed by atoms with Crippen molar-refractivity contribution in [3.63, 3.8) is 0 Å². The minimum atomic E-state index is -0.313. The highest BCUT2D eigenvalue weighted by Gasteiger charge is 2.34. The van der Waals surface area contributed by atoms with Gasteiger partial charge >= 0.3 is 0 Å². The first-order chi connectivity index (χ1) is 14.6. The van der Waals surface area contributed by atoms with Gasteiger partial charge in [0.25, 0.3) is 0 Å². The maximum Gasteiger partial charge on any atom is 0.226 e. The second-order valence-electron chi connectivity index (χ2n) is 7.58. The second-order valence-corrected chi connectivity index (χ2v) is 7.58. The number of benzene rings is 3. The number of anilines is 1. The Bertz CT molecular complexity index is 1230. The number of halogens is 1. The smallest absolute Gasteiger partial charge is 0.226 e. The predicted molar refractivity (Wildman–Crippen MR) is 115 cm³/mol. The summed E-state index contributed by atoms with van der Waals surface area (Å²) in [6.45, 7) is 2.03. The van der Waals surface area contributed by atoms with Crippen molar-refractivity contribution in [1.82, 2.24) is 9.78 Å². The number of amides is 1. The van der Waals surface area contributed by atoms with Gasteiger partial charge in [-0.25, -0.2) is 9.07 Å². The van der Waals surface area contributed by atoms with Gasteiger partial charge in [-0.15, -0.1) is 0 Å². The van der Waals surface area contributed by atoms with Crippen LogP contribution in [-0.4, -0.2) is 15.7 Å². The molecule has 148 valence electrons. The first-order valence-electron chi connectivity index (χ1n) is 9.91. The van der Waals surface area contributed by atoms with E-state index >= 15 is 0 Å². The molecule has 1 N–H and O–H groups in total. The monoisotopic (exact) mass is 397 g/mol. The summed E-state index contributed by atoms with van der Waals surface area (Å²) in [5.41, 5.74) is 5.43. The van der Waals surface area contributed by atoms with Crippen LogP contribution in [0.25, 0.3) is 16.9 Å². The molecule has 5 heteroatoms. The molecule has 30 heavy (non-hydrogen) atoms. The van der Waals surface area contributed by atoms with E-state index in [0.29, 0.717) is 5.82 Å². The highest BCUT2D eigenvalue weighted by atomic mass is 19.1. The van der Waals surface area contributed by atoms with Gasteiger partial charge in [0, 0.05) is 23.5 Å². The molecule has 1 aliphatic heterocycles. The molecule has 0 spiro atoms. The third kappa shape index (κ3) is 3.18. The zero-order chi connectivity index (χ0) is 20.7. The summed E-state index contributed by atoms with van der Waals surface area (Å²) >= 11 is 0. The standard InChI is InChI=1S/C25H20FN3O/c1-16-10-12-20(13-11-16)29-25-23(24(28-29)17-6-3-2-4-7-17)21(15-22(30)27-25)18-8-5-9-19(26)14-18/h2-14,21H,15H2,1H3,(H,27,30)/t21-/m1/s1. The average molecular weight is 397 g/mol. The molecule has 2 heterocycles. The van der Waals surface area contributed by atoms with Crippen LogP contribution in [0.1, 0.15) is 29.0 Å². The first-order valence-corrected chi connectivity index (χ1v) is 9.91. The van der Waals surface area contributed by atoms with E-state index in [1.54, 1.807) is 10.7 Å². The lowest BCUT2D eigenvalue weighted by Crippen LogP contribution is -2.25. The molecule has 0 saturated heterocycles. The minimum absolute atomic E-state index is 0.107. The molecule has 1 amide bonds. The topological polar surface area (TPSA) is 46.9 Å². The van der Waals surface area contributed by atoms with Gasteiger partial charge in [-0.1, -0.05) is 60.2 Å². The molecule has 1 atom stereocenters. The van der Waals surface area contributed by atoms with Gasteiger partial charge in [0.2, 0.25) is 5.91 Å². The zero-order valence-electron chi connectivity index (χ0n) is 16.5. The van der Waals surface area contributed by atoms with Crippen molar-refractivity contribution in [2.45, 2.75) is 19.3 Å². The van der Waals surface area contributed by atoms with E-state index in [0.717, 1.165) is 33.6 Å². The number of carbonyl (C=O) groups is 1. The molecule has 5 rings (SSSR count). The SMILES string of the molecule is Cc1ccc(-n2nc(-c3ccccc3)c3c2NC(=O)C[C@@H]3c2cccc(F)c2)cc1. The van der Waals surface area contributed by atoms with E-state index in [1.807, 2.05) is 67.6 Å². The van der Waals surface area contributed by atoms with Gasteiger partial charge in [-0.3, -0.25) is 4.79 Å². The van der Waals surface area contributed by atoms with Crippen LogP contribution in [0.2, 0.25) is 0 Å². The van der Waals surface area contributed by atoms with E-state index in [1.165, 1.54) is 12.1 Å². The molecule has 0 radical (unpaired) electrons. The van der Waals surface area contributed by atoms with E-state index in [4.69, 9.17) is 5.10 Å². The van der Waals surface area contributed by atoms with Gasteiger partial charge in [0.1, 0.15) is 11.6 Å². The van der Waals surface area contributed by atoms with Crippen molar-refractivity contribution in [2.24, 2.45) is 0 Å². The van der Waals surface area contributed by atoms with Crippen LogP contribution in [0.3, 0.4) is 0 Å². The van der Waals surface area contributed by atoms with Crippen molar-refractivity contribution in [1.29, 1.82) is 0 Å². The quantitative estimate of drug-likeness (QED) is 0.499. The van der Waals surface area contributed by atoms with Gasteiger partial charge in [0.15, 0.2) is 0 Å². The van der Waals surface area contributed by atoms with Gasteiger partial charge in [-0.2, -0.15) is 5.10 Å². The summed E-state index contributed by atoms with van der Waals surface area (Å²) in [6, 6.07) is 24.4. The molecule has 1 aliphatic rings. The molecule has 4 aromatic rings. The lowest BCUT2D eigenvalue weighted by atomic mass is 9.84. The van der Waals surface area contributed by atoms with Crippen molar-refractivity contribution < 1.29 is 9.18 Å². The Hall–Kier alpha value is -3.73. The Morgan fingerprint density at radius 1 is 1.00 bits per heavy atom. The molecule has 0 bridgehead atoms. The van der Waals surface area contributed by atoms with Crippen LogP contribution in [0.4, 0.5) is 10.2 Å². The third-order valence-corrected chi connectivity index (χ3v) is 5.49. The maximum atomic E-state index is 14.0. The van der Waals surface area contributed by atoms with Crippen LogP contribution in [0, 0.1) is 12.7 Å². The van der Waals surface area contributed by atoms with Crippen molar-refractivity contribution in [3.05, 3.63) is 101 Å². The highest BCUT2D eigenvalue weighted by molar-refractivity contribution is 5.96. The van der Waals surface area contributed by atoms with Crippen LogP contribution < -0.4 is 5.32 Å². The van der Waals surface area contributed by atoms with Gasteiger partial charge in [0.05, 0.1) is 11.4 Å². The Morgan fingerprint density at radius 3 is 2.50 bits per heavy atom. The minimum Gasteiger partial charge on any atom is -0.310 e. The molecule has 0 unspecified atom stereocenters. The molecule has 4 nitrogen and oxygen atoms in total. The van der Waals surface area contributed by atoms with Crippen LogP contribution in [0.15, 0.2) is 78.9 Å². The van der Waals surface area contributed by atoms with Crippen molar-refractivity contribution in [3.8, 4) is 16.9 Å². The largest absolute Gasteiger partial charge is 0.310 e. The number of carbonyl (C=O) groups excluding carboxylic acids is 1. The summed E-state index contributed by atoms with van der Waals surface area (Å²) in [6.07, 6.45) is 0.246. The van der Waals surface area contributed by atoms with E-state index in [9.17, 15) is 9.18 Å². The van der Waals surface area contributed by atoms with Crippen LogP contribution in [-0.2, 0) is 4.79 Å². The Balaban J connectivity index is 1.77. The molecular formula is C25H20FN3O. The summed E-state index contributed by atoms with van der Waals surface area (Å²) in [7, 11) is 0. The van der Waals surface area contributed by atoms with Crippen molar-refractivity contribution in [2.75, 3.05) is 5.32 Å². The summed E-state index contributed by atoms with van der Waals surface area (Å²) in [4.78, 5) is 12.6. The number of fused-ring (bicyclic) bond motifs is 1. The summed E-state index contributed by atoms with van der Waals surface area (Å²) in [5.74, 6) is -0.0566. The number of rotatable bonds is 3. The zero-order valence-corrected chi connectivity index (χ0v) is 16.5. The average Bonchev–Trinajstić information content (AvgIpc) is 3.13. The normalized spacial score (nSPS) is 15.5. The first kappa shape index (κ1) is 18.3. The number of aromatic nitrogens is 2. The molecular weight excluding hydrogens is 377 g/mol. The molecule has 1 aromatic heterocycles. The van der Waals surface area contributed by atoms with Gasteiger partial charge in [-0.05, 0) is 36.8 Å². The second kappa shape index (κ2) is 7.26. The number of hydrogen-bond acceptors (Lipinski definition) is 2. The summed E-state index contributed by atoms with van der Waals surface area (Å²) < 4.78 is 15.8. The summed E-state index contributed by atoms with van der Waals surface area (Å²) in [5, 5.41) is 7.92. The van der Waals surface area contributed by atoms with E-state index in [-0.39, 0.29) is 24.1 Å². The molecule has 0 fully saturated rings. The van der Waals surface area contributed by atoms with Crippen molar-refractivity contribution >= 4 is 11.7 Å². The van der Waals surface area contributed by atoms with E-state index < -0.39 is 0 Å². The van der Waals surface area contributed by atoms with Crippen LogP contribution >= 0.6 is 0 Å². The fourth-order valence-corrected chi connectivity index (χ4v) is 4.04. The third-order valence-electron chi connectivity index (χ3n) is 5.49. The van der Waals surface area contributed by atoms with Gasteiger partial charge < -0.3 is 5.32 Å². The Labute approximate surface area is 174 Å². The number of hydrogen-bond donors (Lipinski definition) is 1. The molecule has 3 aromatic carbocycles. The fraction of sp³-hybridized carbons (Fsp3) is 0.120. The number of nitrogens with zero attached hydrogens (tertiary/aromatic N) is 2. The fourth-order valence-electron chi connectivity index (χ4n) is 4.04. The van der Waals surface area contributed by atoms with E-state index in [2.05, 4.69) is 5.32 Å². The lowest BCUT2D eigenvalue weighted by Gasteiger charge is -2.25. The number of nitrogens with one attached hydrogen (secondary N) is 1. The molecule has 0 saturated carbocycles. The Kier molecular flexibility index (Phi) is 4.43. The maximum absolute atomic E-state index is 14.0. The number of aryl methyl sites for hydroxylation is 1. The molecule has 0 aliphatic carbocycles. The van der Waals surface area contributed by atoms with Crippen LogP contribution in [0.5, 0.6) is 0 Å². The predicted octanol–water partition coefficient (Wildman–Crippen LogP) is 5.46. The highest BCUT2D eigenvalue weighted by Crippen LogP contribution is 2.43.